The zero-order chi connectivity index (χ0) is 13.7. The van der Waals surface area contributed by atoms with Crippen molar-refractivity contribution in [2.75, 3.05) is 39.3 Å². The Hall–Kier alpha value is -1.97. The van der Waals surface area contributed by atoms with Crippen LogP contribution in [0.15, 0.2) is 18.3 Å². The van der Waals surface area contributed by atoms with E-state index in [2.05, 4.69) is 9.88 Å². The number of rotatable bonds is 3. The smallest absolute Gasteiger partial charge is 0.255 e. The van der Waals surface area contributed by atoms with Gasteiger partial charge >= 0.3 is 0 Å². The standard InChI is InChI=1S/C13H16N4O2/c14-9-12-2-1-11(10-15-12)13(19)17-5-3-16(4-6-17)7-8-18/h1-2,10,18H,3-8H2. The highest BCUT2D eigenvalue weighted by Crippen LogP contribution is 2.08. The molecule has 1 amide bonds. The summed E-state index contributed by atoms with van der Waals surface area (Å²) < 4.78 is 0. The number of hydrogen-bond acceptors (Lipinski definition) is 5. The number of carbonyl (C=O) groups excluding carboxylic acids is 1. The summed E-state index contributed by atoms with van der Waals surface area (Å²) in [7, 11) is 0. The van der Waals surface area contributed by atoms with Gasteiger partial charge in [0.1, 0.15) is 11.8 Å². The molecule has 19 heavy (non-hydrogen) atoms. The summed E-state index contributed by atoms with van der Waals surface area (Å²) >= 11 is 0. The molecule has 1 aromatic heterocycles. The molecule has 6 nitrogen and oxygen atoms in total. The van der Waals surface area contributed by atoms with Crippen molar-refractivity contribution in [2.45, 2.75) is 0 Å². The molecule has 0 aliphatic carbocycles. The van der Waals surface area contributed by atoms with Crippen LogP contribution < -0.4 is 0 Å². The van der Waals surface area contributed by atoms with Gasteiger partial charge in [-0.05, 0) is 12.1 Å². The number of aliphatic hydroxyl groups is 1. The van der Waals surface area contributed by atoms with Gasteiger partial charge in [-0.3, -0.25) is 9.69 Å². The third-order valence-electron chi connectivity index (χ3n) is 3.20. The van der Waals surface area contributed by atoms with Gasteiger partial charge in [0.2, 0.25) is 0 Å². The van der Waals surface area contributed by atoms with Crippen LogP contribution in [0.5, 0.6) is 0 Å². The molecule has 2 heterocycles. The number of pyridine rings is 1. The van der Waals surface area contributed by atoms with E-state index in [1.165, 1.54) is 6.20 Å². The fourth-order valence-electron chi connectivity index (χ4n) is 2.09. The topological polar surface area (TPSA) is 80.5 Å². The minimum atomic E-state index is -0.0550. The molecule has 1 aliphatic heterocycles. The highest BCUT2D eigenvalue weighted by atomic mass is 16.3. The zero-order valence-electron chi connectivity index (χ0n) is 10.6. The van der Waals surface area contributed by atoms with Gasteiger partial charge in [-0.1, -0.05) is 0 Å². The second kappa shape index (κ2) is 6.27. The summed E-state index contributed by atoms with van der Waals surface area (Å²) in [5.41, 5.74) is 0.818. The van der Waals surface area contributed by atoms with Crippen molar-refractivity contribution in [1.82, 2.24) is 14.8 Å². The van der Waals surface area contributed by atoms with Crippen LogP contribution in [0.2, 0.25) is 0 Å². The number of hydrogen-bond donors (Lipinski definition) is 1. The third kappa shape index (κ3) is 3.28. The van der Waals surface area contributed by atoms with Gasteiger partial charge in [-0.15, -0.1) is 0 Å². The maximum atomic E-state index is 12.2. The summed E-state index contributed by atoms with van der Waals surface area (Å²) in [5, 5.41) is 17.5. The molecule has 0 atom stereocenters. The highest BCUT2D eigenvalue weighted by molar-refractivity contribution is 5.94. The molecule has 2 rings (SSSR count). The lowest BCUT2D eigenvalue weighted by atomic mass is 10.2. The van der Waals surface area contributed by atoms with Crippen molar-refractivity contribution in [3.63, 3.8) is 0 Å². The van der Waals surface area contributed by atoms with Crippen molar-refractivity contribution < 1.29 is 9.90 Å². The summed E-state index contributed by atoms with van der Waals surface area (Å²) in [5.74, 6) is -0.0550. The van der Waals surface area contributed by atoms with E-state index in [9.17, 15) is 4.79 Å². The average Bonchev–Trinajstić information content (AvgIpc) is 2.48. The molecular formula is C13H16N4O2. The van der Waals surface area contributed by atoms with Crippen LogP contribution in [0, 0.1) is 11.3 Å². The van der Waals surface area contributed by atoms with Gasteiger partial charge < -0.3 is 10.0 Å². The monoisotopic (exact) mass is 260 g/mol. The molecule has 0 radical (unpaired) electrons. The Labute approximate surface area is 111 Å². The number of β-amino-alcohol motifs (C(OH)–C–C–N with tert-alkyl or cyclic N) is 1. The summed E-state index contributed by atoms with van der Waals surface area (Å²) in [6.07, 6.45) is 1.45. The molecule has 1 fully saturated rings. The Kier molecular flexibility index (Phi) is 4.44. The predicted octanol–water partition coefficient (Wildman–Crippen LogP) is -0.297. The first-order valence-corrected chi connectivity index (χ1v) is 6.23. The minimum absolute atomic E-state index is 0.0550. The molecular weight excluding hydrogens is 244 g/mol. The van der Waals surface area contributed by atoms with E-state index in [1.807, 2.05) is 6.07 Å². The predicted molar refractivity (Wildman–Crippen MR) is 68.4 cm³/mol. The number of nitrogens with zero attached hydrogens (tertiary/aromatic N) is 4. The van der Waals surface area contributed by atoms with Gasteiger partial charge in [-0.2, -0.15) is 5.26 Å². The summed E-state index contributed by atoms with van der Waals surface area (Å²) in [6, 6.07) is 5.11. The van der Waals surface area contributed by atoms with Crippen LogP contribution in [-0.4, -0.2) is 65.1 Å². The molecule has 6 heteroatoms. The molecule has 1 saturated heterocycles. The highest BCUT2D eigenvalue weighted by Gasteiger charge is 2.21. The van der Waals surface area contributed by atoms with Crippen molar-refractivity contribution in [3.8, 4) is 6.07 Å². The third-order valence-corrected chi connectivity index (χ3v) is 3.20. The van der Waals surface area contributed by atoms with Crippen LogP contribution in [0.3, 0.4) is 0 Å². The molecule has 0 saturated carbocycles. The van der Waals surface area contributed by atoms with E-state index < -0.39 is 0 Å². The maximum absolute atomic E-state index is 12.2. The van der Waals surface area contributed by atoms with E-state index in [0.717, 1.165) is 13.1 Å². The minimum Gasteiger partial charge on any atom is -0.395 e. The van der Waals surface area contributed by atoms with E-state index >= 15 is 0 Å². The Balaban J connectivity index is 1.95. The lowest BCUT2D eigenvalue weighted by Crippen LogP contribution is -2.49. The fraction of sp³-hybridized carbons (Fsp3) is 0.462. The van der Waals surface area contributed by atoms with Crippen LogP contribution in [-0.2, 0) is 0 Å². The van der Waals surface area contributed by atoms with Gasteiger partial charge in [-0.25, -0.2) is 4.98 Å². The number of nitriles is 1. The SMILES string of the molecule is N#Cc1ccc(C(=O)N2CCN(CCO)CC2)cn1. The number of piperazine rings is 1. The van der Waals surface area contributed by atoms with Crippen LogP contribution in [0.25, 0.3) is 0 Å². The number of aromatic nitrogens is 1. The second-order valence-electron chi connectivity index (χ2n) is 4.40. The van der Waals surface area contributed by atoms with Gasteiger partial charge in [0, 0.05) is 38.9 Å². The second-order valence-corrected chi connectivity index (χ2v) is 4.40. The molecule has 1 N–H and O–H groups in total. The van der Waals surface area contributed by atoms with Crippen LogP contribution in [0.1, 0.15) is 16.1 Å². The lowest BCUT2D eigenvalue weighted by molar-refractivity contribution is 0.0614. The first-order valence-electron chi connectivity index (χ1n) is 6.23. The largest absolute Gasteiger partial charge is 0.395 e. The molecule has 1 aromatic rings. The molecule has 0 aromatic carbocycles. The normalized spacial score (nSPS) is 16.1. The van der Waals surface area contributed by atoms with Crippen LogP contribution in [0.4, 0.5) is 0 Å². The Morgan fingerprint density at radius 3 is 2.63 bits per heavy atom. The van der Waals surface area contributed by atoms with Gasteiger partial charge in [0.05, 0.1) is 12.2 Å². The number of carbonyl (C=O) groups is 1. The summed E-state index contributed by atoms with van der Waals surface area (Å²) in [4.78, 5) is 20.0. The molecule has 1 aliphatic rings. The van der Waals surface area contributed by atoms with E-state index in [4.69, 9.17) is 10.4 Å². The fourth-order valence-corrected chi connectivity index (χ4v) is 2.09. The average molecular weight is 260 g/mol. The van der Waals surface area contributed by atoms with Crippen molar-refractivity contribution in [3.05, 3.63) is 29.6 Å². The number of amides is 1. The lowest BCUT2D eigenvalue weighted by Gasteiger charge is -2.34. The quantitative estimate of drug-likeness (QED) is 0.807. The molecule has 100 valence electrons. The molecule has 0 spiro atoms. The first kappa shape index (κ1) is 13.5. The van der Waals surface area contributed by atoms with Gasteiger partial charge in [0.25, 0.3) is 5.91 Å². The van der Waals surface area contributed by atoms with Crippen LogP contribution >= 0.6 is 0 Å². The maximum Gasteiger partial charge on any atom is 0.255 e. The van der Waals surface area contributed by atoms with E-state index in [-0.39, 0.29) is 12.5 Å². The molecule has 0 bridgehead atoms. The Morgan fingerprint density at radius 1 is 1.37 bits per heavy atom. The van der Waals surface area contributed by atoms with Crippen molar-refractivity contribution in [2.24, 2.45) is 0 Å². The summed E-state index contributed by atoms with van der Waals surface area (Å²) in [6.45, 7) is 3.65. The van der Waals surface area contributed by atoms with Gasteiger partial charge in [0.15, 0.2) is 0 Å². The Bertz CT molecular complexity index is 472. The van der Waals surface area contributed by atoms with E-state index in [0.29, 0.717) is 30.9 Å². The number of aliphatic hydroxyl groups excluding tert-OH is 1. The van der Waals surface area contributed by atoms with Crippen molar-refractivity contribution >= 4 is 5.91 Å². The first-order chi connectivity index (χ1) is 9.24. The van der Waals surface area contributed by atoms with Crippen molar-refractivity contribution in [1.29, 1.82) is 5.26 Å². The molecule has 0 unspecified atom stereocenters. The Morgan fingerprint density at radius 2 is 2.11 bits per heavy atom. The van der Waals surface area contributed by atoms with E-state index in [1.54, 1.807) is 17.0 Å². The zero-order valence-corrected chi connectivity index (χ0v) is 10.6.